The largest absolute Gasteiger partial charge is 0.462 e. The average molecular weight is 829 g/mol. The topological polar surface area (TPSA) is 78.9 Å². The minimum absolute atomic E-state index is 0.0779. The second-order valence-electron chi connectivity index (χ2n) is 17.1. The molecule has 59 heavy (non-hydrogen) atoms. The molecule has 0 aromatic carbocycles. The lowest BCUT2D eigenvalue weighted by atomic mass is 10.1. The molecular formula is C53H96O6. The first kappa shape index (κ1) is 56.6. The van der Waals surface area contributed by atoms with E-state index in [0.29, 0.717) is 19.3 Å². The Hall–Kier alpha value is -2.37. The van der Waals surface area contributed by atoms with Crippen LogP contribution >= 0.6 is 0 Å². The minimum atomic E-state index is -0.776. The van der Waals surface area contributed by atoms with Crippen LogP contribution in [0, 0.1) is 0 Å². The number of hydrogen-bond donors (Lipinski definition) is 0. The molecule has 0 aliphatic rings. The number of ether oxygens (including phenoxy) is 3. The summed E-state index contributed by atoms with van der Waals surface area (Å²) in [6.07, 6.45) is 55.6. The quantitative estimate of drug-likeness (QED) is 0.0263. The molecule has 0 amide bonds. The van der Waals surface area contributed by atoms with Crippen LogP contribution in [-0.4, -0.2) is 37.2 Å². The van der Waals surface area contributed by atoms with E-state index in [0.717, 1.165) is 83.5 Å². The van der Waals surface area contributed by atoms with E-state index < -0.39 is 6.10 Å². The van der Waals surface area contributed by atoms with Gasteiger partial charge in [0.25, 0.3) is 0 Å². The molecule has 6 heteroatoms. The monoisotopic (exact) mass is 829 g/mol. The zero-order valence-electron chi connectivity index (χ0n) is 39.3. The Balaban J connectivity index is 4.29. The molecule has 0 aromatic heterocycles. The molecule has 0 spiro atoms. The van der Waals surface area contributed by atoms with Crippen LogP contribution in [0.1, 0.15) is 265 Å². The van der Waals surface area contributed by atoms with Gasteiger partial charge in [0, 0.05) is 19.3 Å². The Kier molecular flexibility index (Phi) is 46.4. The molecule has 6 nitrogen and oxygen atoms in total. The third kappa shape index (κ3) is 46.5. The lowest BCUT2D eigenvalue weighted by Crippen LogP contribution is -2.30. The highest BCUT2D eigenvalue weighted by Gasteiger charge is 2.19. The van der Waals surface area contributed by atoms with E-state index in [1.165, 1.54) is 141 Å². The van der Waals surface area contributed by atoms with Gasteiger partial charge in [-0.1, -0.05) is 192 Å². The zero-order valence-corrected chi connectivity index (χ0v) is 39.3. The average Bonchev–Trinajstić information content (AvgIpc) is 3.23. The Morgan fingerprint density at radius 3 is 0.949 bits per heavy atom. The molecule has 1 atom stereocenters. The van der Waals surface area contributed by atoms with Crippen molar-refractivity contribution in [3.8, 4) is 0 Å². The fourth-order valence-corrected chi connectivity index (χ4v) is 7.20. The van der Waals surface area contributed by atoms with Crippen LogP contribution < -0.4 is 0 Å². The summed E-state index contributed by atoms with van der Waals surface area (Å²) in [7, 11) is 0. The van der Waals surface area contributed by atoms with E-state index in [2.05, 4.69) is 57.2 Å². The molecule has 0 aromatic rings. The number of carbonyl (C=O) groups is 3. The van der Waals surface area contributed by atoms with Gasteiger partial charge < -0.3 is 14.2 Å². The number of esters is 3. The number of unbranched alkanes of at least 4 members (excludes halogenated alkanes) is 29. The summed E-state index contributed by atoms with van der Waals surface area (Å²) in [5.41, 5.74) is 0. The Morgan fingerprint density at radius 2 is 0.593 bits per heavy atom. The molecule has 0 aliphatic carbocycles. The molecule has 0 bridgehead atoms. The van der Waals surface area contributed by atoms with Crippen LogP contribution in [-0.2, 0) is 28.6 Å². The van der Waals surface area contributed by atoms with Gasteiger partial charge >= 0.3 is 17.9 Å². The minimum Gasteiger partial charge on any atom is -0.462 e. The van der Waals surface area contributed by atoms with Gasteiger partial charge in [0.15, 0.2) is 6.10 Å². The second kappa shape index (κ2) is 48.3. The fraction of sp³-hybridized carbons (Fsp3) is 0.830. The normalized spacial score (nSPS) is 12.3. The van der Waals surface area contributed by atoms with Gasteiger partial charge in [0.2, 0.25) is 0 Å². The SMILES string of the molecule is CCC/C=C\CCCCCCCC(=O)OCC(COC(=O)CCCCCCCCCCC/C=C\CCCCCCCC)OC(=O)CCCCCCC/C=C\CCCCC. The van der Waals surface area contributed by atoms with Crippen LogP contribution in [0.15, 0.2) is 36.5 Å². The maximum atomic E-state index is 12.7. The number of hydrogen-bond acceptors (Lipinski definition) is 6. The van der Waals surface area contributed by atoms with Gasteiger partial charge in [0.05, 0.1) is 0 Å². The van der Waals surface area contributed by atoms with Gasteiger partial charge in [0.1, 0.15) is 13.2 Å². The predicted molar refractivity (Wildman–Crippen MR) is 252 cm³/mol. The smallest absolute Gasteiger partial charge is 0.306 e. The van der Waals surface area contributed by atoms with Gasteiger partial charge in [-0.15, -0.1) is 0 Å². The molecule has 0 aliphatic heterocycles. The van der Waals surface area contributed by atoms with Crippen molar-refractivity contribution < 1.29 is 28.6 Å². The Bertz CT molecular complexity index is 1000. The molecule has 0 radical (unpaired) electrons. The highest BCUT2D eigenvalue weighted by molar-refractivity contribution is 5.71. The van der Waals surface area contributed by atoms with Crippen molar-refractivity contribution in [1.29, 1.82) is 0 Å². The van der Waals surface area contributed by atoms with Gasteiger partial charge in [-0.2, -0.15) is 0 Å². The summed E-state index contributed by atoms with van der Waals surface area (Å²) in [6.45, 7) is 6.54. The molecular weight excluding hydrogens is 733 g/mol. The van der Waals surface area contributed by atoms with Crippen molar-refractivity contribution in [2.75, 3.05) is 13.2 Å². The van der Waals surface area contributed by atoms with Crippen molar-refractivity contribution in [1.82, 2.24) is 0 Å². The first-order valence-corrected chi connectivity index (χ1v) is 25.5. The van der Waals surface area contributed by atoms with Crippen molar-refractivity contribution in [2.24, 2.45) is 0 Å². The summed E-state index contributed by atoms with van der Waals surface area (Å²) in [5.74, 6) is -0.894. The van der Waals surface area contributed by atoms with Crippen LogP contribution in [0.25, 0.3) is 0 Å². The fourth-order valence-electron chi connectivity index (χ4n) is 7.20. The van der Waals surface area contributed by atoms with E-state index in [4.69, 9.17) is 14.2 Å². The summed E-state index contributed by atoms with van der Waals surface area (Å²) in [6, 6.07) is 0. The summed E-state index contributed by atoms with van der Waals surface area (Å²) in [5, 5.41) is 0. The number of allylic oxidation sites excluding steroid dienone is 6. The maximum Gasteiger partial charge on any atom is 0.306 e. The van der Waals surface area contributed by atoms with Crippen molar-refractivity contribution in [3.63, 3.8) is 0 Å². The molecule has 1 unspecified atom stereocenters. The number of carbonyl (C=O) groups excluding carboxylic acids is 3. The number of rotatable bonds is 46. The van der Waals surface area contributed by atoms with Crippen LogP contribution in [0.3, 0.4) is 0 Å². The van der Waals surface area contributed by atoms with Crippen LogP contribution in [0.2, 0.25) is 0 Å². The second-order valence-corrected chi connectivity index (χ2v) is 17.1. The van der Waals surface area contributed by atoms with E-state index in [1.54, 1.807) is 0 Å². The van der Waals surface area contributed by atoms with Crippen LogP contribution in [0.4, 0.5) is 0 Å². The molecule has 0 rings (SSSR count). The van der Waals surface area contributed by atoms with Gasteiger partial charge in [-0.25, -0.2) is 0 Å². The molecule has 0 N–H and O–H groups in total. The highest BCUT2D eigenvalue weighted by Crippen LogP contribution is 2.15. The van der Waals surface area contributed by atoms with E-state index in [-0.39, 0.29) is 31.1 Å². The Labute approximate surface area is 365 Å². The lowest BCUT2D eigenvalue weighted by Gasteiger charge is -2.18. The molecule has 0 saturated heterocycles. The summed E-state index contributed by atoms with van der Waals surface area (Å²) < 4.78 is 16.7. The van der Waals surface area contributed by atoms with Crippen molar-refractivity contribution in [3.05, 3.63) is 36.5 Å². The third-order valence-corrected chi connectivity index (χ3v) is 11.1. The molecule has 0 saturated carbocycles. The summed E-state index contributed by atoms with van der Waals surface area (Å²) >= 11 is 0. The standard InChI is InChI=1S/C53H96O6/c1-4-7-10-13-16-19-22-24-25-26-27-28-29-30-32-34-37-40-43-46-52(55)58-49-50(48-57-51(54)45-42-39-36-33-21-18-15-12-9-6-3)59-53(56)47-44-41-38-35-31-23-20-17-14-11-8-5-2/h12,15,17,20,24-25,50H,4-11,13-14,16,18-19,21-23,26-49H2,1-3H3/b15-12-,20-17-,25-24-. The van der Waals surface area contributed by atoms with E-state index in [9.17, 15) is 14.4 Å². The zero-order chi connectivity index (χ0) is 43.0. The molecule has 344 valence electrons. The van der Waals surface area contributed by atoms with Crippen molar-refractivity contribution in [2.45, 2.75) is 271 Å². The molecule has 0 heterocycles. The van der Waals surface area contributed by atoms with E-state index in [1.807, 2.05) is 0 Å². The first-order chi connectivity index (χ1) is 29.0. The van der Waals surface area contributed by atoms with E-state index >= 15 is 0 Å². The Morgan fingerprint density at radius 1 is 0.322 bits per heavy atom. The van der Waals surface area contributed by atoms with Crippen LogP contribution in [0.5, 0.6) is 0 Å². The van der Waals surface area contributed by atoms with Gasteiger partial charge in [-0.05, 0) is 89.9 Å². The lowest BCUT2D eigenvalue weighted by molar-refractivity contribution is -0.167. The maximum absolute atomic E-state index is 12.7. The predicted octanol–water partition coefficient (Wildman–Crippen LogP) is 16.5. The highest BCUT2D eigenvalue weighted by atomic mass is 16.6. The van der Waals surface area contributed by atoms with Crippen molar-refractivity contribution >= 4 is 17.9 Å². The van der Waals surface area contributed by atoms with Gasteiger partial charge in [-0.3, -0.25) is 14.4 Å². The summed E-state index contributed by atoms with van der Waals surface area (Å²) in [4.78, 5) is 37.8. The first-order valence-electron chi connectivity index (χ1n) is 25.5. The molecule has 0 fully saturated rings. The third-order valence-electron chi connectivity index (χ3n) is 11.1.